The molecule has 0 atom stereocenters. The van der Waals surface area contributed by atoms with Gasteiger partial charge in [-0.1, -0.05) is 0 Å². The lowest BCUT2D eigenvalue weighted by molar-refractivity contribution is -0.125. The average Bonchev–Trinajstić information content (AvgIpc) is 2.68. The molecule has 0 spiro atoms. The van der Waals surface area contributed by atoms with Gasteiger partial charge in [0.1, 0.15) is 5.82 Å². The van der Waals surface area contributed by atoms with Crippen LogP contribution in [0.1, 0.15) is 12.8 Å². The fourth-order valence-electron chi connectivity index (χ4n) is 3.19. The molecule has 1 aromatic carbocycles. The second-order valence-electron chi connectivity index (χ2n) is 7.14. The van der Waals surface area contributed by atoms with E-state index in [9.17, 15) is 9.18 Å². The monoisotopic (exact) mass is 371 g/mol. The number of hydrogen-bond acceptors (Lipinski definition) is 5. The van der Waals surface area contributed by atoms with Gasteiger partial charge in [0.15, 0.2) is 5.82 Å². The van der Waals surface area contributed by atoms with E-state index in [1.54, 1.807) is 12.1 Å². The Morgan fingerprint density at radius 1 is 1.15 bits per heavy atom. The van der Waals surface area contributed by atoms with Gasteiger partial charge in [0.2, 0.25) is 5.91 Å². The van der Waals surface area contributed by atoms with Crippen LogP contribution in [0, 0.1) is 11.7 Å². The Balaban J connectivity index is 1.52. The molecule has 1 fully saturated rings. The Morgan fingerprint density at radius 2 is 1.85 bits per heavy atom. The molecule has 1 aliphatic rings. The maximum absolute atomic E-state index is 13.0. The largest absolute Gasteiger partial charge is 0.355 e. The molecular formula is C20H26FN5O. The summed E-state index contributed by atoms with van der Waals surface area (Å²) >= 11 is 0. The summed E-state index contributed by atoms with van der Waals surface area (Å²) in [6.45, 7) is 3.11. The highest BCUT2D eigenvalue weighted by Gasteiger charge is 2.25. The second-order valence-corrected chi connectivity index (χ2v) is 7.14. The van der Waals surface area contributed by atoms with E-state index in [1.165, 1.54) is 12.1 Å². The van der Waals surface area contributed by atoms with Crippen molar-refractivity contribution in [1.82, 2.24) is 20.4 Å². The zero-order valence-corrected chi connectivity index (χ0v) is 15.9. The molecule has 144 valence electrons. The Kier molecular flexibility index (Phi) is 6.34. The van der Waals surface area contributed by atoms with Crippen molar-refractivity contribution < 1.29 is 9.18 Å². The normalized spacial score (nSPS) is 15.2. The van der Waals surface area contributed by atoms with Crippen LogP contribution in [0.3, 0.4) is 0 Å². The Bertz CT molecular complexity index is 740. The summed E-state index contributed by atoms with van der Waals surface area (Å²) in [6, 6.07) is 10.1. The van der Waals surface area contributed by atoms with Crippen molar-refractivity contribution in [3.05, 3.63) is 42.2 Å². The maximum atomic E-state index is 13.0. The zero-order valence-electron chi connectivity index (χ0n) is 15.9. The molecule has 1 amide bonds. The summed E-state index contributed by atoms with van der Waals surface area (Å²) in [5.41, 5.74) is 1.55. The first-order valence-corrected chi connectivity index (χ1v) is 9.30. The molecular weight excluding hydrogens is 345 g/mol. The Labute approximate surface area is 159 Å². The third-order valence-corrected chi connectivity index (χ3v) is 4.84. The molecule has 0 aliphatic carbocycles. The summed E-state index contributed by atoms with van der Waals surface area (Å²) in [6.07, 6.45) is 1.63. The van der Waals surface area contributed by atoms with Gasteiger partial charge in [-0.25, -0.2) is 4.39 Å². The van der Waals surface area contributed by atoms with E-state index in [1.807, 2.05) is 26.2 Å². The van der Waals surface area contributed by atoms with Crippen LogP contribution in [-0.4, -0.2) is 61.3 Å². The third-order valence-electron chi connectivity index (χ3n) is 4.84. The van der Waals surface area contributed by atoms with E-state index in [-0.39, 0.29) is 17.6 Å². The molecule has 1 N–H and O–H groups in total. The van der Waals surface area contributed by atoms with Gasteiger partial charge in [-0.05, 0) is 63.3 Å². The van der Waals surface area contributed by atoms with Gasteiger partial charge in [-0.15, -0.1) is 10.2 Å². The summed E-state index contributed by atoms with van der Waals surface area (Å²) in [7, 11) is 3.99. The lowest BCUT2D eigenvalue weighted by Gasteiger charge is -2.31. The van der Waals surface area contributed by atoms with E-state index < -0.39 is 0 Å². The van der Waals surface area contributed by atoms with Crippen molar-refractivity contribution in [3.63, 3.8) is 0 Å². The van der Waals surface area contributed by atoms with Crippen LogP contribution in [0.5, 0.6) is 0 Å². The summed E-state index contributed by atoms with van der Waals surface area (Å²) in [4.78, 5) is 16.5. The predicted molar refractivity (Wildman–Crippen MR) is 104 cm³/mol. The average molecular weight is 371 g/mol. The number of hydrogen-bond donors (Lipinski definition) is 1. The smallest absolute Gasteiger partial charge is 0.223 e. The van der Waals surface area contributed by atoms with Crippen molar-refractivity contribution >= 4 is 11.7 Å². The van der Waals surface area contributed by atoms with Gasteiger partial charge in [0.25, 0.3) is 0 Å². The number of carbonyl (C=O) groups is 1. The Morgan fingerprint density at radius 3 is 2.44 bits per heavy atom. The first-order chi connectivity index (χ1) is 13.0. The summed E-state index contributed by atoms with van der Waals surface area (Å²) < 4.78 is 13.0. The SMILES string of the molecule is CN(C)CCNC(=O)C1CCN(c2ccc(-c3ccc(F)cc3)nn2)CC1. The van der Waals surface area contributed by atoms with Crippen molar-refractivity contribution in [1.29, 1.82) is 0 Å². The molecule has 7 heteroatoms. The van der Waals surface area contributed by atoms with Gasteiger partial charge in [-0.3, -0.25) is 4.79 Å². The fraction of sp³-hybridized carbons (Fsp3) is 0.450. The predicted octanol–water partition coefficient (Wildman–Crippen LogP) is 2.18. The molecule has 2 aromatic rings. The quantitative estimate of drug-likeness (QED) is 0.843. The minimum absolute atomic E-state index is 0.0647. The summed E-state index contributed by atoms with van der Waals surface area (Å²) in [5.74, 6) is 0.758. The molecule has 2 heterocycles. The highest BCUT2D eigenvalue weighted by atomic mass is 19.1. The van der Waals surface area contributed by atoms with E-state index in [0.717, 1.165) is 43.9 Å². The van der Waals surface area contributed by atoms with Crippen LogP contribution < -0.4 is 10.2 Å². The minimum atomic E-state index is -0.267. The van der Waals surface area contributed by atoms with Crippen LogP contribution in [0.4, 0.5) is 10.2 Å². The number of likely N-dealkylation sites (N-methyl/N-ethyl adjacent to an activating group) is 1. The molecule has 27 heavy (non-hydrogen) atoms. The maximum Gasteiger partial charge on any atom is 0.223 e. The van der Waals surface area contributed by atoms with E-state index in [4.69, 9.17) is 0 Å². The minimum Gasteiger partial charge on any atom is -0.355 e. The highest BCUT2D eigenvalue weighted by molar-refractivity contribution is 5.79. The number of piperidine rings is 1. The van der Waals surface area contributed by atoms with E-state index >= 15 is 0 Å². The number of aromatic nitrogens is 2. The first-order valence-electron chi connectivity index (χ1n) is 9.30. The van der Waals surface area contributed by atoms with Gasteiger partial charge >= 0.3 is 0 Å². The van der Waals surface area contributed by atoms with Crippen LogP contribution in [0.2, 0.25) is 0 Å². The number of carbonyl (C=O) groups excluding carboxylic acids is 1. The van der Waals surface area contributed by atoms with E-state index in [2.05, 4.69) is 25.3 Å². The van der Waals surface area contributed by atoms with Gasteiger partial charge < -0.3 is 15.1 Å². The molecule has 1 aliphatic heterocycles. The molecule has 1 aromatic heterocycles. The van der Waals surface area contributed by atoms with Crippen molar-refractivity contribution in [2.24, 2.45) is 5.92 Å². The van der Waals surface area contributed by atoms with Crippen molar-refractivity contribution in [2.45, 2.75) is 12.8 Å². The van der Waals surface area contributed by atoms with Gasteiger partial charge in [0, 0.05) is 37.7 Å². The number of benzene rings is 1. The number of amides is 1. The molecule has 6 nitrogen and oxygen atoms in total. The molecule has 0 saturated carbocycles. The van der Waals surface area contributed by atoms with Crippen molar-refractivity contribution in [3.8, 4) is 11.3 Å². The fourth-order valence-corrected chi connectivity index (χ4v) is 3.19. The van der Waals surface area contributed by atoms with E-state index in [0.29, 0.717) is 12.2 Å². The standard InChI is InChI=1S/C20H26FN5O/c1-25(2)14-11-22-20(27)16-9-12-26(13-10-16)19-8-7-18(23-24-19)15-3-5-17(21)6-4-15/h3-8,16H,9-14H2,1-2H3,(H,22,27). The molecule has 0 unspecified atom stereocenters. The topological polar surface area (TPSA) is 61.4 Å². The number of rotatable bonds is 6. The second kappa shape index (κ2) is 8.90. The molecule has 0 radical (unpaired) electrons. The van der Waals surface area contributed by atoms with Gasteiger partial charge in [-0.2, -0.15) is 0 Å². The lowest BCUT2D eigenvalue weighted by Crippen LogP contribution is -2.42. The third kappa shape index (κ3) is 5.23. The molecule has 3 rings (SSSR count). The van der Waals surface area contributed by atoms with Crippen molar-refractivity contribution in [2.75, 3.05) is 45.2 Å². The van der Waals surface area contributed by atoms with Gasteiger partial charge in [0.05, 0.1) is 5.69 Å². The lowest BCUT2D eigenvalue weighted by atomic mass is 9.96. The first kappa shape index (κ1) is 19.2. The number of nitrogens with one attached hydrogen (secondary N) is 1. The number of nitrogens with zero attached hydrogens (tertiary/aromatic N) is 4. The highest BCUT2D eigenvalue weighted by Crippen LogP contribution is 2.23. The van der Waals surface area contributed by atoms with Crippen LogP contribution in [-0.2, 0) is 4.79 Å². The van der Waals surface area contributed by atoms with Crippen LogP contribution in [0.15, 0.2) is 36.4 Å². The van der Waals surface area contributed by atoms with Crippen LogP contribution >= 0.6 is 0 Å². The zero-order chi connectivity index (χ0) is 19.2. The van der Waals surface area contributed by atoms with Crippen LogP contribution in [0.25, 0.3) is 11.3 Å². The molecule has 0 bridgehead atoms. The number of anilines is 1. The number of halogens is 1. The summed E-state index contributed by atoms with van der Waals surface area (Å²) in [5, 5.41) is 11.6. The Hall–Kier alpha value is -2.54. The molecule has 1 saturated heterocycles.